The van der Waals surface area contributed by atoms with Crippen LogP contribution in [0.1, 0.15) is 0 Å². The van der Waals surface area contributed by atoms with Crippen molar-refractivity contribution in [3.63, 3.8) is 0 Å². The largest absolute Gasteiger partial charge is 0.497 e. The van der Waals surface area contributed by atoms with E-state index >= 15 is 0 Å². The van der Waals surface area contributed by atoms with Crippen molar-refractivity contribution in [2.45, 2.75) is 5.16 Å². The van der Waals surface area contributed by atoms with Gasteiger partial charge in [0.1, 0.15) is 11.4 Å². The minimum atomic E-state index is 0.0713. The fraction of sp³-hybridized carbons (Fsp3) is 0.300. The highest BCUT2D eigenvalue weighted by Crippen LogP contribution is 2.28. The zero-order valence-electron chi connectivity index (χ0n) is 16.0. The number of nitrogens with zero attached hydrogens (tertiary/aromatic N) is 5. The summed E-state index contributed by atoms with van der Waals surface area (Å²) in [6, 6.07) is 13.3. The second kappa shape index (κ2) is 9.06. The summed E-state index contributed by atoms with van der Waals surface area (Å²) in [7, 11) is 1.63. The van der Waals surface area contributed by atoms with E-state index in [1.54, 1.807) is 13.3 Å². The summed E-state index contributed by atoms with van der Waals surface area (Å²) in [5.41, 5.74) is 1.58. The molecule has 1 aliphatic heterocycles. The Morgan fingerprint density at radius 1 is 1.14 bits per heavy atom. The Labute approximate surface area is 172 Å². The van der Waals surface area contributed by atoms with Crippen molar-refractivity contribution in [3.8, 4) is 23.0 Å². The molecule has 0 N–H and O–H groups in total. The zero-order chi connectivity index (χ0) is 20.1. The van der Waals surface area contributed by atoms with Gasteiger partial charge < -0.3 is 14.4 Å². The van der Waals surface area contributed by atoms with Gasteiger partial charge in [-0.1, -0.05) is 17.8 Å². The Kier molecular flexibility index (Phi) is 6.06. The van der Waals surface area contributed by atoms with Crippen LogP contribution in [0, 0.1) is 0 Å². The number of aromatic nitrogens is 4. The van der Waals surface area contributed by atoms with E-state index in [0.29, 0.717) is 43.0 Å². The van der Waals surface area contributed by atoms with Gasteiger partial charge >= 0.3 is 0 Å². The molecule has 0 unspecified atom stereocenters. The number of hydrogen-bond donors (Lipinski definition) is 0. The number of ether oxygens (including phenoxy) is 2. The topological polar surface area (TPSA) is 82.4 Å². The van der Waals surface area contributed by atoms with Gasteiger partial charge in [0.05, 0.1) is 31.8 Å². The van der Waals surface area contributed by atoms with Crippen LogP contribution >= 0.6 is 11.8 Å². The minimum absolute atomic E-state index is 0.0713. The van der Waals surface area contributed by atoms with Crippen molar-refractivity contribution in [1.82, 2.24) is 24.6 Å². The third-order valence-corrected chi connectivity index (χ3v) is 5.46. The van der Waals surface area contributed by atoms with Crippen LogP contribution in [0.4, 0.5) is 0 Å². The second-order valence-electron chi connectivity index (χ2n) is 6.34. The molecule has 0 atom stereocenters. The van der Waals surface area contributed by atoms with Crippen molar-refractivity contribution in [2.24, 2.45) is 0 Å². The third kappa shape index (κ3) is 4.41. The number of carbonyl (C=O) groups excluding carboxylic acids is 1. The minimum Gasteiger partial charge on any atom is -0.497 e. The van der Waals surface area contributed by atoms with Gasteiger partial charge in [-0.15, -0.1) is 10.2 Å². The molecule has 8 nitrogen and oxygen atoms in total. The van der Waals surface area contributed by atoms with E-state index in [2.05, 4.69) is 15.2 Å². The van der Waals surface area contributed by atoms with Gasteiger partial charge in [0, 0.05) is 19.3 Å². The molecule has 0 saturated carbocycles. The van der Waals surface area contributed by atoms with Gasteiger partial charge in [0.2, 0.25) is 5.91 Å². The average Bonchev–Trinajstić information content (AvgIpc) is 3.22. The van der Waals surface area contributed by atoms with E-state index in [9.17, 15) is 4.79 Å². The second-order valence-corrected chi connectivity index (χ2v) is 7.28. The number of hydrogen-bond acceptors (Lipinski definition) is 7. The first-order valence-electron chi connectivity index (χ1n) is 9.26. The highest BCUT2D eigenvalue weighted by Gasteiger charge is 2.21. The van der Waals surface area contributed by atoms with E-state index in [1.807, 2.05) is 51.9 Å². The lowest BCUT2D eigenvalue weighted by atomic mass is 10.3. The summed E-state index contributed by atoms with van der Waals surface area (Å²) in [4.78, 5) is 18.8. The third-order valence-electron chi connectivity index (χ3n) is 4.55. The van der Waals surface area contributed by atoms with Crippen LogP contribution in [0.2, 0.25) is 0 Å². The Balaban J connectivity index is 1.62. The molecule has 0 radical (unpaired) electrons. The summed E-state index contributed by atoms with van der Waals surface area (Å²) in [6.07, 6.45) is 1.72. The first kappa shape index (κ1) is 19.4. The summed E-state index contributed by atoms with van der Waals surface area (Å²) in [6.45, 7) is 2.43. The molecule has 1 saturated heterocycles. The normalized spacial score (nSPS) is 14.0. The predicted octanol–water partition coefficient (Wildman–Crippen LogP) is 2.29. The number of methoxy groups -OCH3 is 1. The maximum Gasteiger partial charge on any atom is 0.233 e. The zero-order valence-corrected chi connectivity index (χ0v) is 16.8. The lowest BCUT2D eigenvalue weighted by molar-refractivity contribution is -0.132. The standard InChI is InChI=1S/C20H21N5O3S/c1-27-16-7-5-15(6-8-16)25-19(17-4-2-3-9-21-17)22-23-20(25)29-14-18(26)24-10-12-28-13-11-24/h2-9H,10-14H2,1H3. The molecule has 1 amide bonds. The van der Waals surface area contributed by atoms with Crippen LogP contribution in [-0.2, 0) is 9.53 Å². The summed E-state index contributed by atoms with van der Waals surface area (Å²) in [5, 5.41) is 9.32. The maximum absolute atomic E-state index is 12.5. The molecular formula is C20H21N5O3S. The number of thioether (sulfide) groups is 1. The Morgan fingerprint density at radius 2 is 1.93 bits per heavy atom. The highest BCUT2D eigenvalue weighted by atomic mass is 32.2. The fourth-order valence-electron chi connectivity index (χ4n) is 3.02. The van der Waals surface area contributed by atoms with Gasteiger partial charge in [-0.05, 0) is 36.4 Å². The molecule has 29 heavy (non-hydrogen) atoms. The Morgan fingerprint density at radius 3 is 2.62 bits per heavy atom. The highest BCUT2D eigenvalue weighted by molar-refractivity contribution is 7.99. The smallest absolute Gasteiger partial charge is 0.233 e. The van der Waals surface area contributed by atoms with Crippen molar-refractivity contribution >= 4 is 17.7 Å². The van der Waals surface area contributed by atoms with E-state index in [1.165, 1.54) is 11.8 Å². The number of amides is 1. The lowest BCUT2D eigenvalue weighted by Gasteiger charge is -2.26. The molecular weight excluding hydrogens is 390 g/mol. The predicted molar refractivity (Wildman–Crippen MR) is 109 cm³/mol. The molecule has 3 heterocycles. The first-order valence-corrected chi connectivity index (χ1v) is 10.2. The number of pyridine rings is 1. The van der Waals surface area contributed by atoms with Gasteiger partial charge in [-0.25, -0.2) is 0 Å². The van der Waals surface area contributed by atoms with Crippen LogP contribution in [0.15, 0.2) is 53.8 Å². The SMILES string of the molecule is COc1ccc(-n2c(SCC(=O)N3CCOCC3)nnc2-c2ccccn2)cc1. The summed E-state index contributed by atoms with van der Waals surface area (Å²) < 4.78 is 12.5. The summed E-state index contributed by atoms with van der Waals surface area (Å²) >= 11 is 1.37. The van der Waals surface area contributed by atoms with Crippen LogP contribution < -0.4 is 4.74 Å². The van der Waals surface area contributed by atoms with E-state index in [4.69, 9.17) is 9.47 Å². The van der Waals surface area contributed by atoms with Crippen LogP contribution in [0.25, 0.3) is 17.2 Å². The first-order chi connectivity index (χ1) is 14.3. The van der Waals surface area contributed by atoms with Crippen molar-refractivity contribution in [2.75, 3.05) is 39.2 Å². The molecule has 1 aliphatic rings. The van der Waals surface area contributed by atoms with Gasteiger partial charge in [-0.2, -0.15) is 0 Å². The van der Waals surface area contributed by atoms with Gasteiger partial charge in [-0.3, -0.25) is 14.3 Å². The van der Waals surface area contributed by atoms with Gasteiger partial charge in [0.15, 0.2) is 11.0 Å². The molecule has 0 spiro atoms. The van der Waals surface area contributed by atoms with E-state index < -0.39 is 0 Å². The lowest BCUT2D eigenvalue weighted by Crippen LogP contribution is -2.41. The van der Waals surface area contributed by atoms with E-state index in [0.717, 1.165) is 11.4 Å². The molecule has 3 aromatic rings. The molecule has 1 aromatic carbocycles. The number of carbonyl (C=O) groups is 1. The number of benzene rings is 1. The summed E-state index contributed by atoms with van der Waals surface area (Å²) in [5.74, 6) is 1.74. The Bertz CT molecular complexity index is 956. The monoisotopic (exact) mass is 411 g/mol. The maximum atomic E-state index is 12.5. The molecule has 9 heteroatoms. The quantitative estimate of drug-likeness (QED) is 0.576. The molecule has 0 bridgehead atoms. The molecule has 150 valence electrons. The fourth-order valence-corrected chi connectivity index (χ4v) is 3.87. The molecule has 4 rings (SSSR count). The average molecular weight is 411 g/mol. The van der Waals surface area contributed by atoms with E-state index in [-0.39, 0.29) is 11.7 Å². The Hall–Kier alpha value is -2.91. The number of morpholine rings is 1. The molecule has 1 fully saturated rings. The van der Waals surface area contributed by atoms with Crippen LogP contribution in [0.5, 0.6) is 5.75 Å². The van der Waals surface area contributed by atoms with Crippen LogP contribution in [0.3, 0.4) is 0 Å². The van der Waals surface area contributed by atoms with Crippen LogP contribution in [-0.4, -0.2) is 69.7 Å². The molecule has 2 aromatic heterocycles. The number of rotatable bonds is 6. The van der Waals surface area contributed by atoms with Crippen molar-refractivity contribution in [1.29, 1.82) is 0 Å². The van der Waals surface area contributed by atoms with Gasteiger partial charge in [0.25, 0.3) is 0 Å². The van der Waals surface area contributed by atoms with Crippen molar-refractivity contribution in [3.05, 3.63) is 48.7 Å². The van der Waals surface area contributed by atoms with Crippen molar-refractivity contribution < 1.29 is 14.3 Å². The molecule has 0 aliphatic carbocycles.